The summed E-state index contributed by atoms with van der Waals surface area (Å²) < 4.78 is 5.48. The standard InChI is InChI=1S/C20H31N3O2/c1-5-14-6-10-16(11-7-14)22-19(21)23-17-12-8-15(9-13-17)18(24)25-20(2,3)4/h6-7,10-11,15,17H,5,8-9,12-13H2,1-4H3,(H3,21,22,23). The molecule has 1 aliphatic rings. The van der Waals surface area contributed by atoms with E-state index in [1.807, 2.05) is 32.9 Å². The van der Waals surface area contributed by atoms with E-state index in [0.29, 0.717) is 5.96 Å². The molecule has 0 aliphatic heterocycles. The van der Waals surface area contributed by atoms with Crippen molar-refractivity contribution in [3.63, 3.8) is 0 Å². The predicted molar refractivity (Wildman–Crippen MR) is 103 cm³/mol. The van der Waals surface area contributed by atoms with Crippen LogP contribution in [0.3, 0.4) is 0 Å². The molecule has 2 rings (SSSR count). The summed E-state index contributed by atoms with van der Waals surface area (Å²) in [4.78, 5) is 16.7. The SMILES string of the molecule is CCc1ccc(NC(N)=NC2CCC(C(=O)OC(C)(C)C)CC2)cc1. The molecule has 0 heterocycles. The minimum Gasteiger partial charge on any atom is -0.460 e. The molecular weight excluding hydrogens is 314 g/mol. The van der Waals surface area contributed by atoms with E-state index in [1.165, 1.54) is 5.56 Å². The normalized spacial score (nSPS) is 21.7. The fraction of sp³-hybridized carbons (Fsp3) is 0.600. The number of guanidine groups is 1. The van der Waals surface area contributed by atoms with Gasteiger partial charge in [0.05, 0.1) is 12.0 Å². The largest absolute Gasteiger partial charge is 0.460 e. The molecule has 5 heteroatoms. The van der Waals surface area contributed by atoms with Gasteiger partial charge in [-0.1, -0.05) is 19.1 Å². The number of hydrogen-bond acceptors (Lipinski definition) is 3. The Labute approximate surface area is 151 Å². The number of ether oxygens (including phenoxy) is 1. The van der Waals surface area contributed by atoms with Gasteiger partial charge in [-0.3, -0.25) is 4.79 Å². The number of nitrogens with zero attached hydrogens (tertiary/aromatic N) is 1. The quantitative estimate of drug-likeness (QED) is 0.493. The number of anilines is 1. The van der Waals surface area contributed by atoms with Crippen LogP contribution in [-0.2, 0) is 16.0 Å². The van der Waals surface area contributed by atoms with Crippen molar-refractivity contribution in [3.05, 3.63) is 29.8 Å². The van der Waals surface area contributed by atoms with E-state index in [2.05, 4.69) is 29.4 Å². The third-order valence-corrected chi connectivity index (χ3v) is 4.39. The Morgan fingerprint density at radius 2 is 1.80 bits per heavy atom. The van der Waals surface area contributed by atoms with Crippen molar-refractivity contribution in [2.24, 2.45) is 16.6 Å². The van der Waals surface area contributed by atoms with E-state index in [0.717, 1.165) is 37.8 Å². The van der Waals surface area contributed by atoms with Crippen molar-refractivity contribution in [1.29, 1.82) is 0 Å². The lowest BCUT2D eigenvalue weighted by molar-refractivity contribution is -0.161. The van der Waals surface area contributed by atoms with Gasteiger partial charge in [0.15, 0.2) is 5.96 Å². The third-order valence-electron chi connectivity index (χ3n) is 4.39. The van der Waals surface area contributed by atoms with Gasteiger partial charge in [0.25, 0.3) is 0 Å². The molecule has 1 aromatic rings. The van der Waals surface area contributed by atoms with E-state index < -0.39 is 5.60 Å². The highest BCUT2D eigenvalue weighted by Gasteiger charge is 2.29. The van der Waals surface area contributed by atoms with Gasteiger partial charge in [-0.15, -0.1) is 0 Å². The molecule has 1 aromatic carbocycles. The fourth-order valence-corrected chi connectivity index (χ4v) is 3.03. The number of hydrogen-bond donors (Lipinski definition) is 2. The summed E-state index contributed by atoms with van der Waals surface area (Å²) in [7, 11) is 0. The Morgan fingerprint density at radius 1 is 1.20 bits per heavy atom. The van der Waals surface area contributed by atoms with Gasteiger partial charge in [0.2, 0.25) is 0 Å². The molecule has 1 fully saturated rings. The highest BCUT2D eigenvalue weighted by molar-refractivity contribution is 5.92. The first-order valence-electron chi connectivity index (χ1n) is 9.19. The number of esters is 1. The Bertz CT molecular complexity index is 594. The zero-order valence-corrected chi connectivity index (χ0v) is 15.8. The highest BCUT2D eigenvalue weighted by atomic mass is 16.6. The van der Waals surface area contributed by atoms with Crippen molar-refractivity contribution in [2.75, 3.05) is 5.32 Å². The van der Waals surface area contributed by atoms with Gasteiger partial charge in [0.1, 0.15) is 5.60 Å². The average molecular weight is 345 g/mol. The van der Waals surface area contributed by atoms with Crippen LogP contribution in [0.1, 0.15) is 58.9 Å². The Hall–Kier alpha value is -2.04. The summed E-state index contributed by atoms with van der Waals surface area (Å²) >= 11 is 0. The minimum absolute atomic E-state index is 0.0125. The highest BCUT2D eigenvalue weighted by Crippen LogP contribution is 2.28. The summed E-state index contributed by atoms with van der Waals surface area (Å²) in [6.07, 6.45) is 4.36. The first-order chi connectivity index (χ1) is 11.8. The molecular formula is C20H31N3O2. The molecule has 5 nitrogen and oxygen atoms in total. The van der Waals surface area contributed by atoms with Crippen LogP contribution in [0.2, 0.25) is 0 Å². The van der Waals surface area contributed by atoms with Gasteiger partial charge < -0.3 is 15.8 Å². The molecule has 25 heavy (non-hydrogen) atoms. The number of nitrogens with two attached hydrogens (primary N) is 1. The molecule has 0 spiro atoms. The number of nitrogens with one attached hydrogen (secondary N) is 1. The molecule has 0 bridgehead atoms. The first kappa shape index (κ1) is 19.3. The van der Waals surface area contributed by atoms with Gasteiger partial charge in [0, 0.05) is 5.69 Å². The molecule has 0 unspecified atom stereocenters. The maximum Gasteiger partial charge on any atom is 0.309 e. The summed E-state index contributed by atoms with van der Waals surface area (Å²) in [5.74, 6) is 0.337. The average Bonchev–Trinajstić information content (AvgIpc) is 2.54. The lowest BCUT2D eigenvalue weighted by Gasteiger charge is -2.28. The molecule has 0 radical (unpaired) electrons. The van der Waals surface area contributed by atoms with Crippen LogP contribution in [0, 0.1) is 5.92 Å². The Kier molecular flexibility index (Phi) is 6.45. The topological polar surface area (TPSA) is 76.7 Å². The van der Waals surface area contributed by atoms with Crippen LogP contribution < -0.4 is 11.1 Å². The van der Waals surface area contributed by atoms with Gasteiger partial charge in [-0.2, -0.15) is 0 Å². The minimum atomic E-state index is -0.423. The van der Waals surface area contributed by atoms with E-state index in [9.17, 15) is 4.79 Å². The zero-order chi connectivity index (χ0) is 18.4. The Morgan fingerprint density at radius 3 is 2.32 bits per heavy atom. The molecule has 0 amide bonds. The molecule has 3 N–H and O–H groups in total. The second-order valence-electron chi connectivity index (χ2n) is 7.73. The van der Waals surface area contributed by atoms with Gasteiger partial charge in [-0.05, 0) is 70.6 Å². The van der Waals surface area contributed by atoms with Crippen LogP contribution in [0.5, 0.6) is 0 Å². The van der Waals surface area contributed by atoms with Crippen molar-refractivity contribution < 1.29 is 9.53 Å². The summed E-state index contributed by atoms with van der Waals surface area (Å²) in [5.41, 5.74) is 7.85. The van der Waals surface area contributed by atoms with Gasteiger partial charge >= 0.3 is 5.97 Å². The summed E-state index contributed by atoms with van der Waals surface area (Å²) in [5, 5.41) is 3.14. The second-order valence-corrected chi connectivity index (χ2v) is 7.73. The number of rotatable bonds is 4. The molecule has 1 saturated carbocycles. The van der Waals surface area contributed by atoms with Crippen LogP contribution in [-0.4, -0.2) is 23.6 Å². The maximum atomic E-state index is 12.1. The maximum absolute atomic E-state index is 12.1. The van der Waals surface area contributed by atoms with E-state index in [1.54, 1.807) is 0 Å². The lowest BCUT2D eigenvalue weighted by Crippen LogP contribution is -2.32. The zero-order valence-electron chi connectivity index (χ0n) is 15.8. The fourth-order valence-electron chi connectivity index (χ4n) is 3.03. The molecule has 0 atom stereocenters. The number of aliphatic imine (C=N–C) groups is 1. The Balaban J connectivity index is 1.83. The first-order valence-corrected chi connectivity index (χ1v) is 9.19. The number of carbonyl (C=O) groups excluding carboxylic acids is 1. The molecule has 0 saturated heterocycles. The van der Waals surface area contributed by atoms with E-state index in [4.69, 9.17) is 10.5 Å². The smallest absolute Gasteiger partial charge is 0.309 e. The number of benzene rings is 1. The van der Waals surface area contributed by atoms with Crippen molar-refractivity contribution in [1.82, 2.24) is 0 Å². The summed E-state index contributed by atoms with van der Waals surface area (Å²) in [6.45, 7) is 7.84. The van der Waals surface area contributed by atoms with Gasteiger partial charge in [-0.25, -0.2) is 4.99 Å². The molecule has 0 aromatic heterocycles. The van der Waals surface area contributed by atoms with E-state index in [-0.39, 0.29) is 17.9 Å². The summed E-state index contributed by atoms with van der Waals surface area (Å²) in [6, 6.07) is 8.37. The second kappa shape index (κ2) is 8.37. The number of aryl methyl sites for hydroxylation is 1. The number of carbonyl (C=O) groups is 1. The van der Waals surface area contributed by atoms with Crippen molar-refractivity contribution in [2.45, 2.75) is 71.4 Å². The van der Waals surface area contributed by atoms with Crippen LogP contribution in [0.4, 0.5) is 5.69 Å². The monoisotopic (exact) mass is 345 g/mol. The third kappa shape index (κ3) is 6.40. The van der Waals surface area contributed by atoms with E-state index >= 15 is 0 Å². The molecule has 138 valence electrons. The van der Waals surface area contributed by atoms with Crippen LogP contribution in [0.15, 0.2) is 29.3 Å². The predicted octanol–water partition coefficient (Wildman–Crippen LogP) is 3.88. The van der Waals surface area contributed by atoms with Crippen LogP contribution >= 0.6 is 0 Å². The van der Waals surface area contributed by atoms with Crippen molar-refractivity contribution in [3.8, 4) is 0 Å². The lowest BCUT2D eigenvalue weighted by atomic mass is 9.86. The molecule has 1 aliphatic carbocycles. The van der Waals surface area contributed by atoms with Crippen molar-refractivity contribution >= 4 is 17.6 Å². The van der Waals surface area contributed by atoms with Crippen LogP contribution in [0.25, 0.3) is 0 Å².